The van der Waals surface area contributed by atoms with Gasteiger partial charge in [0.2, 0.25) is 0 Å². The summed E-state index contributed by atoms with van der Waals surface area (Å²) in [5.74, 6) is 0. The molecule has 104 valence electrons. The highest BCUT2D eigenvalue weighted by atomic mass is 35.7. The standard InChI is InChI=1S/C14H13ClP2S3/c15-17(14-6-3-11-20-14)8-7-16(12-4-1-9-18-12)13-5-2-10-19-13/h1-6,9-11H,7-8H2. The molecule has 0 radical (unpaired) electrons. The Bertz CT molecular complexity index is 571. The molecule has 0 saturated heterocycles. The molecule has 3 aromatic rings. The van der Waals surface area contributed by atoms with Crippen molar-refractivity contribution < 1.29 is 0 Å². The Morgan fingerprint density at radius 2 is 1.25 bits per heavy atom. The van der Waals surface area contributed by atoms with Crippen LogP contribution in [-0.2, 0) is 0 Å². The fourth-order valence-corrected chi connectivity index (χ4v) is 11.2. The number of rotatable bonds is 6. The van der Waals surface area contributed by atoms with Crippen LogP contribution in [0.3, 0.4) is 0 Å². The van der Waals surface area contributed by atoms with Gasteiger partial charge in [-0.1, -0.05) is 29.4 Å². The van der Waals surface area contributed by atoms with E-state index in [0.29, 0.717) is 0 Å². The Balaban J connectivity index is 1.71. The lowest BCUT2D eigenvalue weighted by Gasteiger charge is -2.16. The molecule has 0 aliphatic rings. The quantitative estimate of drug-likeness (QED) is 0.516. The Morgan fingerprint density at radius 1 is 0.750 bits per heavy atom. The lowest BCUT2D eigenvalue weighted by Crippen LogP contribution is -2.10. The summed E-state index contributed by atoms with van der Waals surface area (Å²) in [5, 5.41) is 6.48. The maximum absolute atomic E-state index is 6.61. The van der Waals surface area contributed by atoms with E-state index in [1.807, 2.05) is 22.7 Å². The van der Waals surface area contributed by atoms with Crippen molar-refractivity contribution in [2.24, 2.45) is 0 Å². The molecule has 0 N–H and O–H groups in total. The second kappa shape index (κ2) is 7.49. The summed E-state index contributed by atoms with van der Waals surface area (Å²) in [6.07, 6.45) is 2.31. The number of hydrogen-bond acceptors (Lipinski definition) is 3. The average molecular weight is 375 g/mol. The third-order valence-corrected chi connectivity index (χ3v) is 12.7. The van der Waals surface area contributed by atoms with Crippen LogP contribution in [0.5, 0.6) is 0 Å². The van der Waals surface area contributed by atoms with E-state index >= 15 is 0 Å². The first kappa shape index (κ1) is 15.2. The third kappa shape index (κ3) is 3.71. The van der Waals surface area contributed by atoms with Gasteiger partial charge in [0.1, 0.15) is 0 Å². The average Bonchev–Trinajstić information content (AvgIpc) is 3.22. The summed E-state index contributed by atoms with van der Waals surface area (Å²) in [6.45, 7) is 0. The molecule has 3 aromatic heterocycles. The Labute approximate surface area is 138 Å². The maximum atomic E-state index is 6.61. The summed E-state index contributed by atoms with van der Waals surface area (Å²) in [4.78, 5) is 0. The molecule has 0 aromatic carbocycles. The smallest absolute Gasteiger partial charge is 0.0434 e. The largest absolute Gasteiger partial charge is 0.144 e. The minimum atomic E-state index is -0.507. The molecule has 0 amide bonds. The lowest BCUT2D eigenvalue weighted by atomic mass is 10.7. The molecular weight excluding hydrogens is 362 g/mol. The van der Waals surface area contributed by atoms with Gasteiger partial charge in [0, 0.05) is 21.1 Å². The van der Waals surface area contributed by atoms with Crippen LogP contribution in [0.15, 0.2) is 52.5 Å². The van der Waals surface area contributed by atoms with Crippen molar-refractivity contribution >= 4 is 74.3 Å². The van der Waals surface area contributed by atoms with Gasteiger partial charge in [0.05, 0.1) is 0 Å². The Kier molecular flexibility index (Phi) is 5.68. The zero-order valence-corrected chi connectivity index (χ0v) is 15.6. The van der Waals surface area contributed by atoms with Gasteiger partial charge in [-0.3, -0.25) is 0 Å². The molecule has 0 saturated carbocycles. The monoisotopic (exact) mass is 374 g/mol. The SMILES string of the molecule is ClP(CCP(c1cccs1)c1cccs1)c1cccs1. The van der Waals surface area contributed by atoms with Crippen molar-refractivity contribution in [1.29, 1.82) is 0 Å². The first-order chi connectivity index (χ1) is 9.84. The molecule has 0 aliphatic heterocycles. The summed E-state index contributed by atoms with van der Waals surface area (Å²) >= 11 is 12.2. The van der Waals surface area contributed by atoms with Gasteiger partial charge in [-0.05, 0) is 54.6 Å². The molecule has 0 fully saturated rings. The van der Waals surface area contributed by atoms with Crippen molar-refractivity contribution in [2.75, 3.05) is 12.3 Å². The van der Waals surface area contributed by atoms with Gasteiger partial charge in [0.25, 0.3) is 0 Å². The zero-order chi connectivity index (χ0) is 13.8. The second-order valence-corrected chi connectivity index (χ2v) is 13.0. The summed E-state index contributed by atoms with van der Waals surface area (Å²) in [6, 6.07) is 13.1. The van der Waals surface area contributed by atoms with Crippen molar-refractivity contribution in [3.63, 3.8) is 0 Å². The summed E-state index contributed by atoms with van der Waals surface area (Å²) < 4.78 is 4.40. The van der Waals surface area contributed by atoms with Crippen molar-refractivity contribution in [3.05, 3.63) is 52.5 Å². The van der Waals surface area contributed by atoms with Crippen LogP contribution in [-0.4, -0.2) is 12.3 Å². The molecule has 1 atom stereocenters. The second-order valence-electron chi connectivity index (χ2n) is 4.09. The fourth-order valence-electron chi connectivity index (χ4n) is 1.88. The Hall–Kier alpha value is 0.250. The molecule has 3 heterocycles. The highest BCUT2D eigenvalue weighted by Crippen LogP contribution is 2.46. The normalized spacial score (nSPS) is 12.9. The highest BCUT2D eigenvalue weighted by molar-refractivity contribution is 7.93. The molecule has 0 aliphatic carbocycles. The van der Waals surface area contributed by atoms with E-state index in [-0.39, 0.29) is 7.92 Å². The lowest BCUT2D eigenvalue weighted by molar-refractivity contribution is 1.53. The maximum Gasteiger partial charge on any atom is 0.0434 e. The molecule has 0 spiro atoms. The van der Waals surface area contributed by atoms with Crippen molar-refractivity contribution in [1.82, 2.24) is 0 Å². The predicted octanol–water partition coefficient (Wildman–Crippen LogP) is 5.27. The molecule has 0 nitrogen and oxygen atoms in total. The van der Waals surface area contributed by atoms with E-state index in [2.05, 4.69) is 52.5 Å². The molecular formula is C14H13ClP2S3. The minimum Gasteiger partial charge on any atom is -0.144 e. The predicted molar refractivity (Wildman–Crippen MR) is 101 cm³/mol. The van der Waals surface area contributed by atoms with E-state index in [1.54, 1.807) is 11.3 Å². The number of thiophene rings is 3. The van der Waals surface area contributed by atoms with Crippen molar-refractivity contribution in [2.45, 2.75) is 0 Å². The van der Waals surface area contributed by atoms with E-state index in [9.17, 15) is 0 Å². The first-order valence-corrected chi connectivity index (χ1v) is 12.8. The topological polar surface area (TPSA) is 0 Å². The third-order valence-electron chi connectivity index (χ3n) is 2.81. The molecule has 3 rings (SSSR count). The molecule has 6 heteroatoms. The van der Waals surface area contributed by atoms with Crippen LogP contribution >= 0.6 is 60.4 Å². The van der Waals surface area contributed by atoms with E-state index < -0.39 is 7.27 Å². The number of hydrogen-bond donors (Lipinski definition) is 0. The van der Waals surface area contributed by atoms with Gasteiger partial charge in [-0.15, -0.1) is 34.0 Å². The molecule has 0 bridgehead atoms. The first-order valence-electron chi connectivity index (χ1n) is 6.16. The van der Waals surface area contributed by atoms with Crippen LogP contribution in [0.4, 0.5) is 0 Å². The van der Waals surface area contributed by atoms with Crippen LogP contribution < -0.4 is 13.9 Å². The van der Waals surface area contributed by atoms with Crippen LogP contribution in [0.1, 0.15) is 0 Å². The Morgan fingerprint density at radius 3 is 1.70 bits per heavy atom. The van der Waals surface area contributed by atoms with E-state index in [4.69, 9.17) is 11.2 Å². The zero-order valence-electron chi connectivity index (χ0n) is 10.6. The van der Waals surface area contributed by atoms with Crippen LogP contribution in [0.25, 0.3) is 0 Å². The van der Waals surface area contributed by atoms with Gasteiger partial charge >= 0.3 is 0 Å². The molecule has 20 heavy (non-hydrogen) atoms. The highest BCUT2D eigenvalue weighted by Gasteiger charge is 2.18. The van der Waals surface area contributed by atoms with Gasteiger partial charge in [-0.2, -0.15) is 0 Å². The number of halogens is 1. The van der Waals surface area contributed by atoms with E-state index in [0.717, 1.165) is 6.16 Å². The van der Waals surface area contributed by atoms with E-state index in [1.165, 1.54) is 20.0 Å². The molecule has 1 unspecified atom stereocenters. The summed E-state index contributed by atoms with van der Waals surface area (Å²) in [7, 11) is -0.719. The van der Waals surface area contributed by atoms with Gasteiger partial charge in [-0.25, -0.2) is 0 Å². The van der Waals surface area contributed by atoms with Gasteiger partial charge < -0.3 is 0 Å². The minimum absolute atomic E-state index is 0.212. The van der Waals surface area contributed by atoms with Crippen LogP contribution in [0, 0.1) is 0 Å². The fraction of sp³-hybridized carbons (Fsp3) is 0.143. The van der Waals surface area contributed by atoms with Crippen LogP contribution in [0.2, 0.25) is 0 Å². The van der Waals surface area contributed by atoms with Gasteiger partial charge in [0.15, 0.2) is 0 Å². The van der Waals surface area contributed by atoms with Crippen molar-refractivity contribution in [3.8, 4) is 0 Å². The summed E-state index contributed by atoms with van der Waals surface area (Å²) in [5.41, 5.74) is 0.